The third-order valence-corrected chi connectivity index (χ3v) is 7.62. The smallest absolute Gasteiger partial charge is 0.322 e. The summed E-state index contributed by atoms with van der Waals surface area (Å²) in [5.74, 6) is 0.0182. The first kappa shape index (κ1) is 31.3. The summed E-state index contributed by atoms with van der Waals surface area (Å²) in [7, 11) is 1.86. The molecule has 3 amide bonds. The van der Waals surface area contributed by atoms with Gasteiger partial charge >= 0.3 is 6.03 Å². The molecule has 0 bridgehead atoms. The summed E-state index contributed by atoms with van der Waals surface area (Å²) in [4.78, 5) is 29.2. The maximum atomic E-state index is 12.9. The topological polar surface area (TPSA) is 76.7 Å². The predicted molar refractivity (Wildman–Crippen MR) is 168 cm³/mol. The number of amides is 3. The Bertz CT molecular complexity index is 1240. The summed E-state index contributed by atoms with van der Waals surface area (Å²) in [6, 6.07) is 21.5. The molecule has 3 N–H and O–H groups in total. The van der Waals surface area contributed by atoms with E-state index in [1.165, 1.54) is 5.56 Å². The molecule has 1 unspecified atom stereocenters. The van der Waals surface area contributed by atoms with Crippen LogP contribution in [0.5, 0.6) is 0 Å². The predicted octanol–water partition coefficient (Wildman–Crippen LogP) is 7.23. The number of carbonyl (C=O) groups is 2. The summed E-state index contributed by atoms with van der Waals surface area (Å²) < 4.78 is 0. The minimum absolute atomic E-state index is 0. The van der Waals surface area contributed by atoms with Gasteiger partial charge in [0.05, 0.1) is 15.7 Å². The Hall–Kier alpha value is -3.26. The van der Waals surface area contributed by atoms with Crippen molar-refractivity contribution in [3.8, 4) is 0 Å². The molecule has 1 aliphatic rings. The Labute approximate surface area is 247 Å². The second-order valence-corrected chi connectivity index (χ2v) is 10.5. The van der Waals surface area contributed by atoms with Gasteiger partial charge in [0.1, 0.15) is 0 Å². The molecule has 0 spiro atoms. The van der Waals surface area contributed by atoms with Crippen LogP contribution in [-0.2, 0) is 11.2 Å². The zero-order chi connectivity index (χ0) is 27.8. The van der Waals surface area contributed by atoms with Gasteiger partial charge in [-0.1, -0.05) is 61.0 Å². The minimum Gasteiger partial charge on any atom is -0.368 e. The van der Waals surface area contributed by atoms with E-state index < -0.39 is 0 Å². The first-order chi connectivity index (χ1) is 18.8. The van der Waals surface area contributed by atoms with Crippen LogP contribution in [0.15, 0.2) is 66.7 Å². The van der Waals surface area contributed by atoms with Crippen molar-refractivity contribution >= 4 is 52.2 Å². The second kappa shape index (κ2) is 14.9. The highest BCUT2D eigenvalue weighted by atomic mass is 35.5. The highest BCUT2D eigenvalue weighted by Crippen LogP contribution is 2.34. The molecule has 0 radical (unpaired) electrons. The molecule has 0 aromatic heterocycles. The van der Waals surface area contributed by atoms with Crippen LogP contribution in [0.3, 0.4) is 0 Å². The molecule has 0 aliphatic carbocycles. The standard InChI is InChI=1S/C30H35Cl2N5O2.CH4/c1-21(33-2)23-19-26(31)29(27(32)20-23)35-30(39)37-17-15-36(16-18-37)25-13-11-24(12-14-25)34-28(38)10-6-9-22-7-4-3-5-8-22;/h3-5,7-8,11-14,19-21,33H,6,9-10,15-18H2,1-2H3,(H,34,38)(H,35,39);1H4. The molecule has 4 rings (SSSR count). The Morgan fingerprint density at radius 1 is 0.900 bits per heavy atom. The number of nitrogens with one attached hydrogen (secondary N) is 3. The molecule has 0 saturated carbocycles. The third kappa shape index (κ3) is 8.37. The number of nitrogens with zero attached hydrogens (tertiary/aromatic N) is 2. The average molecular weight is 585 g/mol. The SMILES string of the molecule is C.CNC(C)c1cc(Cl)c(NC(=O)N2CCN(c3ccc(NC(=O)CCCc4ccccc4)cc3)CC2)c(Cl)c1. The van der Waals surface area contributed by atoms with E-state index in [1.54, 1.807) is 4.90 Å². The monoisotopic (exact) mass is 583 g/mol. The molecule has 1 fully saturated rings. The maximum absolute atomic E-state index is 12.9. The van der Waals surface area contributed by atoms with Crippen LogP contribution < -0.4 is 20.9 Å². The van der Waals surface area contributed by atoms with Crippen LogP contribution in [-0.4, -0.2) is 50.1 Å². The molecular weight excluding hydrogens is 545 g/mol. The summed E-state index contributed by atoms with van der Waals surface area (Å²) in [5.41, 5.74) is 4.46. The van der Waals surface area contributed by atoms with Crippen LogP contribution in [0, 0.1) is 0 Å². The molecule has 7 nitrogen and oxygen atoms in total. The van der Waals surface area contributed by atoms with Gasteiger partial charge in [-0.25, -0.2) is 4.79 Å². The van der Waals surface area contributed by atoms with Gasteiger partial charge in [-0.3, -0.25) is 4.79 Å². The molecule has 1 atom stereocenters. The largest absolute Gasteiger partial charge is 0.368 e. The van der Waals surface area contributed by atoms with Crippen LogP contribution in [0.4, 0.5) is 21.9 Å². The zero-order valence-corrected chi connectivity index (χ0v) is 23.9. The number of aryl methyl sites for hydroxylation is 1. The van der Waals surface area contributed by atoms with Crippen molar-refractivity contribution < 1.29 is 9.59 Å². The Kier molecular flexibility index (Phi) is 11.7. The van der Waals surface area contributed by atoms with E-state index in [2.05, 4.69) is 33.0 Å². The van der Waals surface area contributed by atoms with Gasteiger partial charge < -0.3 is 25.8 Å². The molecule has 3 aromatic rings. The summed E-state index contributed by atoms with van der Waals surface area (Å²) in [5, 5.41) is 9.84. The number of hydrogen-bond acceptors (Lipinski definition) is 4. The van der Waals surface area contributed by atoms with Gasteiger partial charge in [0.15, 0.2) is 0 Å². The molecular formula is C31H39Cl2N5O2. The molecule has 3 aromatic carbocycles. The Morgan fingerprint density at radius 2 is 1.52 bits per heavy atom. The second-order valence-electron chi connectivity index (χ2n) is 9.71. The van der Waals surface area contributed by atoms with Crippen LogP contribution in [0.2, 0.25) is 10.0 Å². The Morgan fingerprint density at radius 3 is 2.12 bits per heavy atom. The first-order valence-corrected chi connectivity index (χ1v) is 14.0. The maximum Gasteiger partial charge on any atom is 0.322 e. The summed E-state index contributed by atoms with van der Waals surface area (Å²) in [6.45, 7) is 4.53. The van der Waals surface area contributed by atoms with Crippen molar-refractivity contribution in [2.75, 3.05) is 48.8 Å². The zero-order valence-electron chi connectivity index (χ0n) is 22.3. The number of rotatable bonds is 9. The molecule has 214 valence electrons. The number of carbonyl (C=O) groups excluding carboxylic acids is 2. The lowest BCUT2D eigenvalue weighted by atomic mass is 10.1. The molecule has 1 heterocycles. The van der Waals surface area contributed by atoms with Gasteiger partial charge in [0, 0.05) is 50.0 Å². The van der Waals surface area contributed by atoms with Gasteiger partial charge in [-0.2, -0.15) is 0 Å². The number of urea groups is 1. The van der Waals surface area contributed by atoms with Gasteiger partial charge in [0.2, 0.25) is 5.91 Å². The number of anilines is 3. The van der Waals surface area contributed by atoms with Crippen molar-refractivity contribution in [1.82, 2.24) is 10.2 Å². The van der Waals surface area contributed by atoms with Gasteiger partial charge in [0.25, 0.3) is 0 Å². The van der Waals surface area contributed by atoms with Crippen molar-refractivity contribution in [3.63, 3.8) is 0 Å². The lowest BCUT2D eigenvalue weighted by Crippen LogP contribution is -2.50. The molecule has 9 heteroatoms. The van der Waals surface area contributed by atoms with Crippen LogP contribution in [0.1, 0.15) is 44.4 Å². The van der Waals surface area contributed by atoms with E-state index in [9.17, 15) is 9.59 Å². The minimum atomic E-state index is -0.224. The highest BCUT2D eigenvalue weighted by Gasteiger charge is 2.23. The lowest BCUT2D eigenvalue weighted by Gasteiger charge is -2.36. The van der Waals surface area contributed by atoms with Crippen molar-refractivity contribution in [2.24, 2.45) is 0 Å². The van der Waals surface area contributed by atoms with Gasteiger partial charge in [-0.15, -0.1) is 0 Å². The van der Waals surface area contributed by atoms with E-state index >= 15 is 0 Å². The van der Waals surface area contributed by atoms with Crippen molar-refractivity contribution in [3.05, 3.63) is 87.9 Å². The van der Waals surface area contributed by atoms with Crippen molar-refractivity contribution in [2.45, 2.75) is 39.7 Å². The fourth-order valence-electron chi connectivity index (χ4n) is 4.56. The normalized spacial score (nSPS) is 13.8. The lowest BCUT2D eigenvalue weighted by molar-refractivity contribution is -0.116. The third-order valence-electron chi connectivity index (χ3n) is 7.02. The summed E-state index contributed by atoms with van der Waals surface area (Å²) in [6.07, 6.45) is 2.18. The fourth-order valence-corrected chi connectivity index (χ4v) is 5.16. The number of benzene rings is 3. The first-order valence-electron chi connectivity index (χ1n) is 13.2. The van der Waals surface area contributed by atoms with E-state index in [-0.39, 0.29) is 25.4 Å². The Balaban J connectivity index is 0.00000441. The fraction of sp³-hybridized carbons (Fsp3) is 0.355. The molecule has 40 heavy (non-hydrogen) atoms. The quantitative estimate of drug-likeness (QED) is 0.248. The van der Waals surface area contributed by atoms with E-state index in [0.29, 0.717) is 48.3 Å². The number of hydrogen-bond donors (Lipinski definition) is 3. The van der Waals surface area contributed by atoms with Crippen LogP contribution in [0.25, 0.3) is 0 Å². The number of piperazine rings is 1. The summed E-state index contributed by atoms with van der Waals surface area (Å²) >= 11 is 12.9. The number of halogens is 2. The average Bonchev–Trinajstić information content (AvgIpc) is 2.95. The van der Waals surface area contributed by atoms with E-state index in [4.69, 9.17) is 23.2 Å². The van der Waals surface area contributed by atoms with Gasteiger partial charge in [-0.05, 0) is 74.3 Å². The molecule has 1 saturated heterocycles. The molecule has 1 aliphatic heterocycles. The van der Waals surface area contributed by atoms with Crippen LogP contribution >= 0.6 is 23.2 Å². The highest BCUT2D eigenvalue weighted by molar-refractivity contribution is 6.39. The van der Waals surface area contributed by atoms with E-state index in [0.717, 1.165) is 29.8 Å². The van der Waals surface area contributed by atoms with Crippen molar-refractivity contribution in [1.29, 1.82) is 0 Å². The van der Waals surface area contributed by atoms with E-state index in [1.807, 2.05) is 68.6 Å².